The van der Waals surface area contributed by atoms with Gasteiger partial charge in [0.05, 0.1) is 56.0 Å². The standard InChI is InChI=1S/C54H56BF2N15O11P2S/c1-2-41(75)69-23-31-10-5-6-11-33(31)47-44(34-12-7-8-13-36(34)69)67-68-72(47)21-9-3-4-14-39(73)61-22-40(74)66-32-17-15-30(16-18-32)26-86-85(77)79-25-38-48(42(56)53(81-38)71-29-65-46-50(59)62-27-63-52(46)71)82-84(55,76)78-24-37-49(83-85)43(57)54(80-37)70-28-64-45-35(58)19-20-60-51(45)70/h5-8,10-13,15-20,27-29,37-38,42-43,48-49,53-54H,2-4,9,14,21-26H2,1H3,(H2,58,60)(H,61,73)(H,66,74)(H2,59,62,63)/t37-,38-,42-,43-,48-,49-,53-,54-,84-,85+/m1/s1. The number of aromatic nitrogens is 10. The van der Waals surface area contributed by atoms with Crippen LogP contribution < -0.4 is 27.0 Å². The van der Waals surface area contributed by atoms with E-state index in [0.29, 0.717) is 67.1 Å². The van der Waals surface area contributed by atoms with Gasteiger partial charge in [-0.15, -0.1) is 5.10 Å². The lowest BCUT2D eigenvalue weighted by atomic mass is 9.95. The molecule has 446 valence electrons. The largest absolute Gasteiger partial charge is 0.397 e. The van der Waals surface area contributed by atoms with E-state index in [0.717, 1.165) is 34.4 Å². The van der Waals surface area contributed by atoms with Crippen molar-refractivity contribution >= 4 is 96.1 Å². The summed E-state index contributed by atoms with van der Waals surface area (Å²) in [5, 5.41) is 14.6. The molecule has 6 N–H and O–H groups in total. The van der Waals surface area contributed by atoms with Gasteiger partial charge in [0.1, 0.15) is 47.5 Å². The summed E-state index contributed by atoms with van der Waals surface area (Å²) in [5.74, 6) is -0.833. The van der Waals surface area contributed by atoms with Gasteiger partial charge in [0, 0.05) is 48.2 Å². The minimum Gasteiger partial charge on any atom is -0.397 e. The first-order valence-electron chi connectivity index (χ1n) is 27.5. The Labute approximate surface area is 494 Å². The van der Waals surface area contributed by atoms with Crippen molar-refractivity contribution in [3.63, 3.8) is 0 Å². The van der Waals surface area contributed by atoms with Crippen LogP contribution in [0.25, 0.3) is 44.8 Å². The lowest BCUT2D eigenvalue weighted by molar-refractivity contribution is -0.124. The van der Waals surface area contributed by atoms with Crippen LogP contribution in [0.1, 0.15) is 62.6 Å². The fraction of sp³-hybridized carbons (Fsp3) is 0.370. The highest BCUT2D eigenvalue weighted by molar-refractivity contribution is 8.54. The number of unbranched alkanes of at least 4 members (excludes halogenated alkanes) is 2. The van der Waals surface area contributed by atoms with Crippen LogP contribution in [0.3, 0.4) is 0 Å². The van der Waals surface area contributed by atoms with Crippen molar-refractivity contribution in [2.24, 2.45) is 0 Å². The van der Waals surface area contributed by atoms with E-state index < -0.39 is 82.6 Å². The Morgan fingerprint density at radius 2 is 1.47 bits per heavy atom. The third-order valence-corrected chi connectivity index (χ3v) is 19.7. The lowest BCUT2D eigenvalue weighted by Gasteiger charge is -2.30. The molecule has 2 radical (unpaired) electrons. The number of carbonyl (C=O) groups is 3. The van der Waals surface area contributed by atoms with Gasteiger partial charge < -0.3 is 45.5 Å². The van der Waals surface area contributed by atoms with Crippen LogP contribution >= 0.6 is 25.7 Å². The first-order chi connectivity index (χ1) is 41.5. The molecule has 3 aromatic carbocycles. The lowest BCUT2D eigenvalue weighted by Crippen LogP contribution is -2.37. The SMILES string of the molecule is [B][P@@]1(=O)OC[C@H]2O[C@@H](n3cnc4c(N)ccnc43)[C@H](F)[C@@H]2O[P@@](=O)(SCc2ccc(NC(=O)CNC(=O)CCCCCn3nnc4c3-c3ccccc3CN(C(=O)CC)c3ccccc3-4)cc2)OC[C@H]2O[C@@H](n3cnc4c(N)ncnc43)[C@H](F)[C@@H]2O1. The molecule has 4 aliphatic rings. The number of hydrogen-bond acceptors (Lipinski definition) is 21. The van der Waals surface area contributed by atoms with E-state index in [4.69, 9.17) is 46.6 Å². The van der Waals surface area contributed by atoms with Crippen LogP contribution in [0.2, 0.25) is 0 Å². The van der Waals surface area contributed by atoms with E-state index in [9.17, 15) is 18.9 Å². The summed E-state index contributed by atoms with van der Waals surface area (Å²) in [5.41, 5.74) is 19.0. The molecule has 9 heterocycles. The Morgan fingerprint density at radius 3 is 2.22 bits per heavy atom. The number of carbonyl (C=O) groups excluding carboxylic acids is 3. The van der Waals surface area contributed by atoms with E-state index in [2.05, 4.69) is 45.9 Å². The minimum absolute atomic E-state index is 0.00678. The molecular weight excluding hydrogens is 1180 g/mol. The Morgan fingerprint density at radius 1 is 0.779 bits per heavy atom. The van der Waals surface area contributed by atoms with Gasteiger partial charge in [0.25, 0.3) is 7.47 Å². The number of para-hydroxylation sites is 1. The summed E-state index contributed by atoms with van der Waals surface area (Å²) >= 11 is 0.669. The zero-order valence-electron chi connectivity index (χ0n) is 45.9. The number of imidazole rings is 2. The molecule has 3 saturated heterocycles. The third-order valence-electron chi connectivity index (χ3n) is 15.0. The summed E-state index contributed by atoms with van der Waals surface area (Å²) in [6.07, 6.45) is -6.27. The second-order valence-electron chi connectivity index (χ2n) is 20.7. The number of amides is 3. The van der Waals surface area contributed by atoms with Gasteiger partial charge in [-0.25, -0.2) is 42.9 Å². The quantitative estimate of drug-likeness (QED) is 0.0437. The number of nitrogens with two attached hydrogens (primary N) is 2. The van der Waals surface area contributed by atoms with Crippen molar-refractivity contribution in [2.45, 2.75) is 107 Å². The first-order valence-corrected chi connectivity index (χ1v) is 32.2. The zero-order chi connectivity index (χ0) is 59.9. The Balaban J connectivity index is 0.673. The number of ether oxygens (including phenoxy) is 2. The van der Waals surface area contributed by atoms with E-state index in [1.165, 1.54) is 34.1 Å². The number of pyridine rings is 1. The highest BCUT2D eigenvalue weighted by Crippen LogP contribution is 2.65. The van der Waals surface area contributed by atoms with Crippen molar-refractivity contribution in [3.05, 3.63) is 115 Å². The second-order valence-corrected chi connectivity index (χ2v) is 26.2. The number of benzene rings is 3. The van der Waals surface area contributed by atoms with Crippen molar-refractivity contribution in [1.29, 1.82) is 0 Å². The molecule has 12 rings (SSSR count). The maximum absolute atomic E-state index is 17.0. The molecule has 0 saturated carbocycles. The summed E-state index contributed by atoms with van der Waals surface area (Å²) < 4.78 is 103. The average molecular weight is 1230 g/mol. The molecule has 26 nitrogen and oxygen atoms in total. The summed E-state index contributed by atoms with van der Waals surface area (Å²) in [6.45, 7) is -3.58. The molecule has 3 fully saturated rings. The van der Waals surface area contributed by atoms with Crippen LogP contribution in [0.15, 0.2) is 104 Å². The summed E-state index contributed by atoms with van der Waals surface area (Å²) in [6, 6.07) is 23.7. The number of nitrogen functional groups attached to an aromatic ring is 2. The van der Waals surface area contributed by atoms with Crippen LogP contribution in [0.5, 0.6) is 0 Å². The highest BCUT2D eigenvalue weighted by Gasteiger charge is 2.55. The van der Waals surface area contributed by atoms with E-state index in [1.807, 2.05) is 60.1 Å². The van der Waals surface area contributed by atoms with Crippen LogP contribution in [0, 0.1) is 0 Å². The van der Waals surface area contributed by atoms with Crippen LogP contribution in [0.4, 0.5) is 31.7 Å². The van der Waals surface area contributed by atoms with Gasteiger partial charge in [-0.1, -0.05) is 73.2 Å². The molecule has 5 aromatic heterocycles. The molecular formula is C54H56BF2N15O11P2S. The summed E-state index contributed by atoms with van der Waals surface area (Å²) in [7, 11) is 1.33. The number of nitrogens with zero attached hydrogens (tertiary/aromatic N) is 11. The van der Waals surface area contributed by atoms with Gasteiger partial charge >= 0.3 is 6.80 Å². The van der Waals surface area contributed by atoms with Gasteiger partial charge in [-0.3, -0.25) is 37.1 Å². The normalized spacial score (nSPS) is 25.6. The van der Waals surface area contributed by atoms with Gasteiger partial charge in [-0.05, 0) is 59.6 Å². The van der Waals surface area contributed by atoms with Gasteiger partial charge in [0.15, 0.2) is 41.9 Å². The van der Waals surface area contributed by atoms with Gasteiger partial charge in [-0.2, -0.15) is 0 Å². The number of rotatable bonds is 15. The summed E-state index contributed by atoms with van der Waals surface area (Å²) in [4.78, 5) is 61.8. The number of anilines is 4. The molecule has 0 aliphatic carbocycles. The van der Waals surface area contributed by atoms with E-state index in [-0.39, 0.29) is 64.4 Å². The van der Waals surface area contributed by atoms with Gasteiger partial charge in [0.2, 0.25) is 25.3 Å². The Hall–Kier alpha value is -7.53. The van der Waals surface area contributed by atoms with Crippen molar-refractivity contribution in [3.8, 4) is 22.5 Å². The first kappa shape index (κ1) is 58.8. The fourth-order valence-corrected chi connectivity index (χ4v) is 15.2. The number of nitrogens with one attached hydrogen (secondary N) is 2. The molecule has 4 aliphatic heterocycles. The van der Waals surface area contributed by atoms with Crippen molar-refractivity contribution in [1.82, 2.24) is 54.4 Å². The number of fused-ring (bicyclic) bond motifs is 9. The molecule has 0 bridgehead atoms. The molecule has 8 aromatic rings. The average Bonchev–Trinajstić information content (AvgIpc) is 2.46. The maximum Gasteiger partial charge on any atom is 0.389 e. The number of halogens is 2. The minimum atomic E-state index is -4.72. The number of hydrogen-bond donors (Lipinski definition) is 4. The second kappa shape index (κ2) is 24.7. The third kappa shape index (κ3) is 12.0. The Bertz CT molecular complexity index is 3960. The highest BCUT2D eigenvalue weighted by atomic mass is 32.7. The van der Waals surface area contributed by atoms with E-state index >= 15 is 13.3 Å². The number of alkyl halides is 2. The molecule has 0 unspecified atom stereocenters. The monoisotopic (exact) mass is 1230 g/mol. The molecule has 0 spiro atoms. The smallest absolute Gasteiger partial charge is 0.389 e. The van der Waals surface area contributed by atoms with Crippen LogP contribution in [-0.4, -0.2) is 131 Å². The Kier molecular flexibility index (Phi) is 16.9. The van der Waals surface area contributed by atoms with Crippen LogP contribution in [-0.2, 0) is 69.9 Å². The van der Waals surface area contributed by atoms with E-state index in [1.54, 1.807) is 29.2 Å². The molecule has 3 amide bonds. The predicted molar refractivity (Wildman–Crippen MR) is 312 cm³/mol. The number of aryl methyl sites for hydroxylation is 1. The van der Waals surface area contributed by atoms with Crippen molar-refractivity contribution < 1.29 is 59.9 Å². The topological polar surface area (TPSA) is 325 Å². The molecule has 86 heavy (non-hydrogen) atoms. The predicted octanol–water partition coefficient (Wildman–Crippen LogP) is 7.54. The van der Waals surface area contributed by atoms with Crippen molar-refractivity contribution in [2.75, 3.05) is 41.4 Å². The molecule has 32 heteroatoms. The zero-order valence-corrected chi connectivity index (χ0v) is 48.5. The fourth-order valence-electron chi connectivity index (χ4n) is 10.8. The molecule has 10 atom stereocenters. The maximum atomic E-state index is 17.0.